The number of fused-ring (bicyclic) bond motifs is 2. The SMILES string of the molecule is Oc1cc(O)c(-c2onc3c2CN(Cc2ccc4c(c2)OCO4)CC3)cc1Cl. The van der Waals surface area contributed by atoms with Crippen molar-refractivity contribution >= 4 is 11.6 Å². The molecule has 2 aliphatic rings. The van der Waals surface area contributed by atoms with E-state index in [0.29, 0.717) is 17.9 Å². The largest absolute Gasteiger partial charge is 0.507 e. The molecule has 0 saturated heterocycles. The summed E-state index contributed by atoms with van der Waals surface area (Å²) in [6.45, 7) is 2.47. The summed E-state index contributed by atoms with van der Waals surface area (Å²) in [5.74, 6) is 1.73. The summed E-state index contributed by atoms with van der Waals surface area (Å²) >= 11 is 6.01. The minimum absolute atomic E-state index is 0.103. The van der Waals surface area contributed by atoms with Crippen LogP contribution < -0.4 is 9.47 Å². The maximum absolute atomic E-state index is 10.2. The Labute approximate surface area is 165 Å². The summed E-state index contributed by atoms with van der Waals surface area (Å²) in [5.41, 5.74) is 3.34. The molecule has 0 saturated carbocycles. The van der Waals surface area contributed by atoms with E-state index in [1.54, 1.807) is 0 Å². The Balaban J connectivity index is 1.42. The summed E-state index contributed by atoms with van der Waals surface area (Å²) in [7, 11) is 0. The highest BCUT2D eigenvalue weighted by Gasteiger charge is 2.27. The fraction of sp³-hybridized carbons (Fsp3) is 0.250. The molecule has 28 heavy (non-hydrogen) atoms. The number of aromatic hydroxyl groups is 2. The van der Waals surface area contributed by atoms with E-state index < -0.39 is 0 Å². The van der Waals surface area contributed by atoms with Crippen molar-refractivity contribution in [2.24, 2.45) is 0 Å². The molecule has 0 radical (unpaired) electrons. The summed E-state index contributed by atoms with van der Waals surface area (Å²) < 4.78 is 16.3. The van der Waals surface area contributed by atoms with Crippen LogP contribution in [0.5, 0.6) is 23.0 Å². The molecule has 2 N–H and O–H groups in total. The van der Waals surface area contributed by atoms with Gasteiger partial charge < -0.3 is 24.2 Å². The Hall–Kier alpha value is -2.90. The maximum atomic E-state index is 10.2. The van der Waals surface area contributed by atoms with Crippen LogP contribution in [0.25, 0.3) is 11.3 Å². The first kappa shape index (κ1) is 17.2. The lowest BCUT2D eigenvalue weighted by Gasteiger charge is -2.26. The molecule has 0 unspecified atom stereocenters. The van der Waals surface area contributed by atoms with Crippen molar-refractivity contribution in [1.82, 2.24) is 10.1 Å². The molecular formula is C20H17ClN2O5. The first-order chi connectivity index (χ1) is 13.6. The van der Waals surface area contributed by atoms with Crippen LogP contribution in [0.4, 0.5) is 0 Å². The zero-order chi connectivity index (χ0) is 19.3. The van der Waals surface area contributed by atoms with Gasteiger partial charge in [-0.2, -0.15) is 0 Å². The summed E-state index contributed by atoms with van der Waals surface area (Å²) in [4.78, 5) is 2.28. The second-order valence-electron chi connectivity index (χ2n) is 6.91. The van der Waals surface area contributed by atoms with Crippen LogP contribution in [0.2, 0.25) is 5.02 Å². The van der Waals surface area contributed by atoms with Gasteiger partial charge in [0.15, 0.2) is 17.3 Å². The normalized spacial score (nSPS) is 15.6. The lowest BCUT2D eigenvalue weighted by atomic mass is 10.0. The third-order valence-corrected chi connectivity index (χ3v) is 5.37. The fourth-order valence-electron chi connectivity index (χ4n) is 3.65. The molecule has 8 heteroatoms. The molecule has 0 spiro atoms. The second kappa shape index (κ2) is 6.61. The van der Waals surface area contributed by atoms with Crippen LogP contribution in [0.15, 0.2) is 34.9 Å². The van der Waals surface area contributed by atoms with E-state index in [0.717, 1.165) is 47.8 Å². The molecule has 2 aromatic carbocycles. The molecule has 3 heterocycles. The van der Waals surface area contributed by atoms with E-state index in [1.165, 1.54) is 12.1 Å². The quantitative estimate of drug-likeness (QED) is 0.693. The van der Waals surface area contributed by atoms with E-state index in [9.17, 15) is 10.2 Å². The van der Waals surface area contributed by atoms with Gasteiger partial charge in [0.05, 0.1) is 16.3 Å². The predicted molar refractivity (Wildman–Crippen MR) is 101 cm³/mol. The third kappa shape index (κ3) is 2.93. The lowest BCUT2D eigenvalue weighted by molar-refractivity contribution is 0.174. The van der Waals surface area contributed by atoms with Gasteiger partial charge >= 0.3 is 0 Å². The van der Waals surface area contributed by atoms with Gasteiger partial charge in [-0.1, -0.05) is 22.8 Å². The maximum Gasteiger partial charge on any atom is 0.231 e. The summed E-state index contributed by atoms with van der Waals surface area (Å²) in [5, 5.41) is 24.2. The number of aromatic nitrogens is 1. The first-order valence-corrected chi connectivity index (χ1v) is 9.26. The predicted octanol–water partition coefficient (Wildman–Crippen LogP) is 3.69. The Morgan fingerprint density at radius 1 is 1.07 bits per heavy atom. The van der Waals surface area contributed by atoms with Gasteiger partial charge in [0.2, 0.25) is 6.79 Å². The monoisotopic (exact) mass is 400 g/mol. The molecule has 0 amide bonds. The average Bonchev–Trinajstić information content (AvgIpc) is 3.31. The van der Waals surface area contributed by atoms with Crippen molar-refractivity contribution in [2.45, 2.75) is 19.5 Å². The summed E-state index contributed by atoms with van der Waals surface area (Å²) in [6.07, 6.45) is 0.746. The van der Waals surface area contributed by atoms with Gasteiger partial charge in [-0.15, -0.1) is 0 Å². The Morgan fingerprint density at radius 2 is 1.93 bits per heavy atom. The van der Waals surface area contributed by atoms with Gasteiger partial charge in [-0.05, 0) is 23.8 Å². The van der Waals surface area contributed by atoms with Gasteiger partial charge in [0, 0.05) is 37.7 Å². The highest BCUT2D eigenvalue weighted by atomic mass is 35.5. The topological polar surface area (TPSA) is 88.2 Å². The molecule has 1 aromatic heterocycles. The van der Waals surface area contributed by atoms with Crippen LogP contribution in [-0.4, -0.2) is 33.6 Å². The van der Waals surface area contributed by atoms with Gasteiger partial charge in [0.25, 0.3) is 0 Å². The molecule has 0 fully saturated rings. The minimum atomic E-state index is -0.180. The zero-order valence-corrected chi connectivity index (χ0v) is 15.6. The number of nitrogens with zero attached hydrogens (tertiary/aromatic N) is 2. The van der Waals surface area contributed by atoms with Crippen molar-refractivity contribution < 1.29 is 24.2 Å². The molecule has 0 atom stereocenters. The van der Waals surface area contributed by atoms with Gasteiger partial charge in [0.1, 0.15) is 11.5 Å². The second-order valence-corrected chi connectivity index (χ2v) is 7.31. The van der Waals surface area contributed by atoms with E-state index in [1.807, 2.05) is 18.2 Å². The number of benzene rings is 2. The third-order valence-electron chi connectivity index (χ3n) is 5.07. The smallest absolute Gasteiger partial charge is 0.231 e. The van der Waals surface area contributed by atoms with Crippen LogP contribution in [0.3, 0.4) is 0 Å². The van der Waals surface area contributed by atoms with Crippen LogP contribution in [0.1, 0.15) is 16.8 Å². The Kier molecular flexibility index (Phi) is 4.07. The van der Waals surface area contributed by atoms with E-state index in [-0.39, 0.29) is 23.3 Å². The fourth-order valence-corrected chi connectivity index (χ4v) is 3.81. The average molecular weight is 401 g/mol. The molecule has 2 aliphatic heterocycles. The number of hydrogen-bond acceptors (Lipinski definition) is 7. The highest BCUT2D eigenvalue weighted by molar-refractivity contribution is 6.32. The summed E-state index contributed by atoms with van der Waals surface area (Å²) in [6, 6.07) is 8.65. The van der Waals surface area contributed by atoms with Crippen LogP contribution in [0, 0.1) is 0 Å². The standard InChI is InChI=1S/C20H17ClN2O5/c21-14-6-12(16(24)7-17(14)25)20-13-9-23(4-3-15(13)22-28-20)8-11-1-2-18-19(5-11)27-10-26-18/h1-2,5-7,24-25H,3-4,8-10H2. The molecule has 7 nitrogen and oxygen atoms in total. The first-order valence-electron chi connectivity index (χ1n) is 8.88. The number of rotatable bonds is 3. The molecule has 144 valence electrons. The van der Waals surface area contributed by atoms with Crippen molar-refractivity contribution in [1.29, 1.82) is 0 Å². The molecule has 5 rings (SSSR count). The number of ether oxygens (including phenoxy) is 2. The minimum Gasteiger partial charge on any atom is -0.507 e. The number of hydrogen-bond donors (Lipinski definition) is 2. The lowest BCUT2D eigenvalue weighted by Crippen LogP contribution is -2.30. The Morgan fingerprint density at radius 3 is 2.82 bits per heavy atom. The van der Waals surface area contributed by atoms with Crippen molar-refractivity contribution in [2.75, 3.05) is 13.3 Å². The van der Waals surface area contributed by atoms with E-state index in [4.69, 9.17) is 25.6 Å². The Bertz CT molecular complexity index is 1060. The highest BCUT2D eigenvalue weighted by Crippen LogP contribution is 2.41. The zero-order valence-electron chi connectivity index (χ0n) is 14.8. The molecule has 3 aromatic rings. The van der Waals surface area contributed by atoms with Gasteiger partial charge in [-0.25, -0.2) is 0 Å². The molecule has 0 aliphatic carbocycles. The van der Waals surface area contributed by atoms with Crippen LogP contribution >= 0.6 is 11.6 Å². The number of phenolic OH excluding ortho intramolecular Hbond substituents is 2. The number of phenols is 2. The van der Waals surface area contributed by atoms with Gasteiger partial charge in [-0.3, -0.25) is 4.90 Å². The van der Waals surface area contributed by atoms with E-state index >= 15 is 0 Å². The van der Waals surface area contributed by atoms with Crippen molar-refractivity contribution in [3.63, 3.8) is 0 Å². The number of halogens is 1. The molecular weight excluding hydrogens is 384 g/mol. The van der Waals surface area contributed by atoms with Crippen molar-refractivity contribution in [3.05, 3.63) is 52.2 Å². The molecule has 0 bridgehead atoms. The van der Waals surface area contributed by atoms with Crippen LogP contribution in [-0.2, 0) is 19.5 Å². The van der Waals surface area contributed by atoms with Crippen molar-refractivity contribution in [3.8, 4) is 34.3 Å². The van der Waals surface area contributed by atoms with E-state index in [2.05, 4.69) is 10.1 Å².